The van der Waals surface area contributed by atoms with Crippen molar-refractivity contribution in [2.75, 3.05) is 5.32 Å². The molecule has 1 unspecified atom stereocenters. The molecule has 0 aliphatic heterocycles. The van der Waals surface area contributed by atoms with Gasteiger partial charge in [-0.2, -0.15) is 0 Å². The third-order valence-corrected chi connectivity index (χ3v) is 4.50. The van der Waals surface area contributed by atoms with Crippen molar-refractivity contribution in [3.05, 3.63) is 47.0 Å². The molecule has 9 heteroatoms. The highest BCUT2D eigenvalue weighted by Crippen LogP contribution is 2.26. The Hall–Kier alpha value is -3.07. The van der Waals surface area contributed by atoms with Crippen LogP contribution in [-0.4, -0.2) is 32.3 Å². The zero-order chi connectivity index (χ0) is 18.5. The summed E-state index contributed by atoms with van der Waals surface area (Å²) >= 11 is 1.23. The Kier molecular flexibility index (Phi) is 5.37. The number of benzene rings is 1. The number of rotatable bonds is 7. The standard InChI is InChI=1S/C17H16N4O4S/c1-10-15(21-25-20-10)13-9-26-17(18-13)19-16(24)12(8-14(22)23)7-11-5-3-2-4-6-11/h2-6,9,12H,7-8H2,1H3,(H,22,23)(H,18,19,24). The highest BCUT2D eigenvalue weighted by atomic mass is 32.1. The van der Waals surface area contributed by atoms with Crippen LogP contribution in [0.3, 0.4) is 0 Å². The van der Waals surface area contributed by atoms with E-state index in [1.807, 2.05) is 30.3 Å². The Morgan fingerprint density at radius 2 is 2.04 bits per heavy atom. The summed E-state index contributed by atoms with van der Waals surface area (Å²) in [5.41, 5.74) is 2.55. The highest BCUT2D eigenvalue weighted by molar-refractivity contribution is 7.14. The lowest BCUT2D eigenvalue weighted by Gasteiger charge is -2.14. The molecule has 1 amide bonds. The number of nitrogens with zero attached hydrogens (tertiary/aromatic N) is 3. The second kappa shape index (κ2) is 7.87. The number of hydrogen-bond donors (Lipinski definition) is 2. The molecule has 3 rings (SSSR count). The molecule has 8 nitrogen and oxygen atoms in total. The Morgan fingerprint density at radius 1 is 1.27 bits per heavy atom. The summed E-state index contributed by atoms with van der Waals surface area (Å²) < 4.78 is 4.65. The number of aromatic nitrogens is 3. The predicted molar refractivity (Wildman–Crippen MR) is 94.7 cm³/mol. The van der Waals surface area contributed by atoms with Gasteiger partial charge in [0.1, 0.15) is 11.4 Å². The number of nitrogens with one attached hydrogen (secondary N) is 1. The summed E-state index contributed by atoms with van der Waals surface area (Å²) in [7, 11) is 0. The van der Waals surface area contributed by atoms with Gasteiger partial charge in [-0.25, -0.2) is 9.61 Å². The number of amides is 1. The molecule has 0 aliphatic rings. The van der Waals surface area contributed by atoms with Crippen LogP contribution in [0.4, 0.5) is 5.13 Å². The van der Waals surface area contributed by atoms with Gasteiger partial charge >= 0.3 is 5.97 Å². The Balaban J connectivity index is 1.72. The largest absolute Gasteiger partial charge is 0.481 e. The lowest BCUT2D eigenvalue weighted by atomic mass is 9.95. The zero-order valence-electron chi connectivity index (χ0n) is 13.9. The minimum absolute atomic E-state index is 0.259. The number of carbonyl (C=O) groups excluding carboxylic acids is 1. The third kappa shape index (κ3) is 4.31. The number of aliphatic carboxylic acids is 1. The Labute approximate surface area is 152 Å². The maximum atomic E-state index is 12.6. The van der Waals surface area contributed by atoms with E-state index in [0.717, 1.165) is 5.56 Å². The number of thiazole rings is 1. The van der Waals surface area contributed by atoms with Crippen molar-refractivity contribution in [3.8, 4) is 11.4 Å². The molecule has 0 spiro atoms. The molecule has 0 saturated carbocycles. The molecular formula is C17H16N4O4S. The minimum atomic E-state index is -1.02. The van der Waals surface area contributed by atoms with Crippen LogP contribution in [0.5, 0.6) is 0 Å². The molecule has 0 bridgehead atoms. The van der Waals surface area contributed by atoms with Crippen LogP contribution in [0.15, 0.2) is 40.3 Å². The first-order chi connectivity index (χ1) is 12.5. The van der Waals surface area contributed by atoms with Crippen LogP contribution in [0, 0.1) is 12.8 Å². The molecule has 2 aromatic heterocycles. The van der Waals surface area contributed by atoms with Crippen LogP contribution < -0.4 is 5.32 Å². The van der Waals surface area contributed by atoms with E-state index in [2.05, 4.69) is 25.2 Å². The fourth-order valence-corrected chi connectivity index (χ4v) is 3.18. The van der Waals surface area contributed by atoms with Gasteiger partial charge in [0.05, 0.1) is 12.3 Å². The van der Waals surface area contributed by atoms with Crippen LogP contribution in [0.2, 0.25) is 0 Å². The summed E-state index contributed by atoms with van der Waals surface area (Å²) in [6, 6.07) is 9.31. The SMILES string of the molecule is Cc1nonc1-c1csc(NC(=O)C(CC(=O)O)Cc2ccccc2)n1. The third-order valence-electron chi connectivity index (χ3n) is 3.75. The lowest BCUT2D eigenvalue weighted by Crippen LogP contribution is -2.27. The number of hydrogen-bond acceptors (Lipinski definition) is 7. The molecule has 2 N–H and O–H groups in total. The number of aryl methyl sites for hydroxylation is 1. The summed E-state index contributed by atoms with van der Waals surface area (Å²) in [4.78, 5) is 28.0. The number of anilines is 1. The van der Waals surface area contributed by atoms with E-state index in [-0.39, 0.29) is 12.3 Å². The maximum absolute atomic E-state index is 12.6. The van der Waals surface area contributed by atoms with Crippen LogP contribution in [0.1, 0.15) is 17.7 Å². The molecule has 134 valence electrons. The van der Waals surface area contributed by atoms with Gasteiger partial charge in [-0.05, 0) is 24.1 Å². The average Bonchev–Trinajstić information content (AvgIpc) is 3.23. The van der Waals surface area contributed by atoms with Crippen molar-refractivity contribution < 1.29 is 19.3 Å². The van der Waals surface area contributed by atoms with Crippen LogP contribution >= 0.6 is 11.3 Å². The fraction of sp³-hybridized carbons (Fsp3) is 0.235. The first-order valence-electron chi connectivity index (χ1n) is 7.84. The van der Waals surface area contributed by atoms with Crippen molar-refractivity contribution in [1.29, 1.82) is 0 Å². The summed E-state index contributed by atoms with van der Waals surface area (Å²) in [5, 5.41) is 21.4. The molecule has 0 fully saturated rings. The van der Waals surface area contributed by atoms with Crippen molar-refractivity contribution in [2.45, 2.75) is 19.8 Å². The molecule has 0 saturated heterocycles. The molecule has 1 atom stereocenters. The molecule has 2 heterocycles. The molecule has 0 radical (unpaired) electrons. The minimum Gasteiger partial charge on any atom is -0.481 e. The van der Waals surface area contributed by atoms with E-state index in [0.29, 0.717) is 28.6 Å². The zero-order valence-corrected chi connectivity index (χ0v) is 14.7. The normalized spacial score (nSPS) is 11.9. The van der Waals surface area contributed by atoms with Crippen molar-refractivity contribution in [3.63, 3.8) is 0 Å². The van der Waals surface area contributed by atoms with Crippen molar-refractivity contribution in [1.82, 2.24) is 15.3 Å². The molecule has 3 aromatic rings. The lowest BCUT2D eigenvalue weighted by molar-refractivity contribution is -0.140. The Bertz CT molecular complexity index is 906. The highest BCUT2D eigenvalue weighted by Gasteiger charge is 2.23. The first-order valence-corrected chi connectivity index (χ1v) is 8.72. The topological polar surface area (TPSA) is 118 Å². The predicted octanol–water partition coefficient (Wildman–Crippen LogP) is 2.77. The second-order valence-electron chi connectivity index (χ2n) is 5.71. The van der Waals surface area contributed by atoms with E-state index >= 15 is 0 Å². The van der Waals surface area contributed by atoms with Crippen LogP contribution in [-0.2, 0) is 16.0 Å². The molecule has 26 heavy (non-hydrogen) atoms. The van der Waals surface area contributed by atoms with E-state index in [1.165, 1.54) is 11.3 Å². The van der Waals surface area contributed by atoms with Gasteiger partial charge in [-0.1, -0.05) is 35.5 Å². The summed E-state index contributed by atoms with van der Waals surface area (Å²) in [6.07, 6.45) is 0.0782. The van der Waals surface area contributed by atoms with Crippen molar-refractivity contribution >= 4 is 28.3 Å². The quantitative estimate of drug-likeness (QED) is 0.654. The van der Waals surface area contributed by atoms with Gasteiger partial charge in [0, 0.05) is 5.38 Å². The Morgan fingerprint density at radius 3 is 2.69 bits per heavy atom. The van der Waals surface area contributed by atoms with Gasteiger partial charge < -0.3 is 10.4 Å². The van der Waals surface area contributed by atoms with Crippen molar-refractivity contribution in [2.24, 2.45) is 5.92 Å². The molecular weight excluding hydrogens is 356 g/mol. The molecule has 1 aromatic carbocycles. The van der Waals surface area contributed by atoms with Crippen LogP contribution in [0.25, 0.3) is 11.4 Å². The van der Waals surface area contributed by atoms with E-state index in [4.69, 9.17) is 5.11 Å². The summed E-state index contributed by atoms with van der Waals surface area (Å²) in [5.74, 6) is -2.10. The fourth-order valence-electron chi connectivity index (χ4n) is 2.48. The maximum Gasteiger partial charge on any atom is 0.304 e. The van der Waals surface area contributed by atoms with Gasteiger partial charge in [0.2, 0.25) is 5.91 Å². The number of carboxylic acid groups (broad SMARTS) is 1. The monoisotopic (exact) mass is 372 g/mol. The van der Waals surface area contributed by atoms with E-state index in [9.17, 15) is 9.59 Å². The summed E-state index contributed by atoms with van der Waals surface area (Å²) in [6.45, 7) is 1.74. The number of carbonyl (C=O) groups is 2. The smallest absolute Gasteiger partial charge is 0.304 e. The number of carboxylic acids is 1. The van der Waals surface area contributed by atoms with Gasteiger partial charge in [-0.15, -0.1) is 11.3 Å². The van der Waals surface area contributed by atoms with E-state index in [1.54, 1.807) is 12.3 Å². The average molecular weight is 372 g/mol. The first kappa shape index (κ1) is 17.7. The van der Waals surface area contributed by atoms with E-state index < -0.39 is 11.9 Å². The molecule has 0 aliphatic carbocycles. The van der Waals surface area contributed by atoms with Gasteiger partial charge in [-0.3, -0.25) is 9.59 Å². The second-order valence-corrected chi connectivity index (χ2v) is 6.57. The van der Waals surface area contributed by atoms with Gasteiger partial charge in [0.15, 0.2) is 10.8 Å². The van der Waals surface area contributed by atoms with Gasteiger partial charge in [0.25, 0.3) is 0 Å².